The Hall–Kier alpha value is 1.21. The number of ether oxygens (including phenoxy) is 1. The first-order valence-electron chi connectivity index (χ1n) is 4.24. The Morgan fingerprint density at radius 3 is 1.88 bits per heavy atom. The molecule has 0 radical (unpaired) electrons. The summed E-state index contributed by atoms with van der Waals surface area (Å²) in [6.45, 7) is 3.82. The predicted octanol–water partition coefficient (Wildman–Crippen LogP) is 4.34. The fraction of sp³-hybridized carbons (Fsp3) is 0.875. The Labute approximate surface area is 124 Å². The highest BCUT2D eigenvalue weighted by Gasteiger charge is 2.59. The minimum atomic E-state index is -2.17. The van der Waals surface area contributed by atoms with Gasteiger partial charge in [-0.2, -0.15) is 0 Å². The molecular weight excluding hydrogens is 341 g/mol. The zero-order chi connectivity index (χ0) is 13.1. The molecule has 0 aliphatic rings. The molecule has 0 saturated carbocycles. The van der Waals surface area contributed by atoms with Crippen molar-refractivity contribution in [3.05, 3.63) is 0 Å². The van der Waals surface area contributed by atoms with Gasteiger partial charge in [-0.3, -0.25) is 0 Å². The molecule has 1 atom stereocenters. The molecule has 16 heavy (non-hydrogen) atoms. The van der Waals surface area contributed by atoms with E-state index in [0.717, 1.165) is 0 Å². The van der Waals surface area contributed by atoms with Crippen molar-refractivity contribution in [2.24, 2.45) is 5.92 Å². The third kappa shape index (κ3) is 4.15. The van der Waals surface area contributed by atoms with Crippen LogP contribution in [-0.2, 0) is 9.53 Å². The van der Waals surface area contributed by atoms with Crippen LogP contribution in [0.2, 0.25) is 0 Å². The second-order valence-corrected chi connectivity index (χ2v) is 7.48. The highest BCUT2D eigenvalue weighted by Crippen LogP contribution is 2.48. The van der Waals surface area contributed by atoms with Crippen molar-refractivity contribution in [3.63, 3.8) is 0 Å². The van der Waals surface area contributed by atoms with Crippen LogP contribution >= 0.6 is 69.6 Å². The lowest BCUT2D eigenvalue weighted by atomic mass is 10.2. The normalized spacial score (nSPS) is 16.4. The molecule has 0 aliphatic carbocycles. The fourth-order valence-electron chi connectivity index (χ4n) is 0.676. The number of hydrogen-bond donors (Lipinski definition) is 0. The van der Waals surface area contributed by atoms with Gasteiger partial charge in [0.25, 0.3) is 0 Å². The molecule has 96 valence electrons. The smallest absolute Gasteiger partial charge is 0.334 e. The average Bonchev–Trinajstić information content (AvgIpc) is 2.10. The number of alkyl halides is 6. The predicted molar refractivity (Wildman–Crippen MR) is 70.2 cm³/mol. The number of carbonyl (C=O) groups is 1. The molecule has 1 unspecified atom stereocenters. The van der Waals surface area contributed by atoms with Gasteiger partial charge in [0, 0.05) is 0 Å². The molecule has 0 heterocycles. The van der Waals surface area contributed by atoms with Crippen LogP contribution in [0.1, 0.15) is 13.8 Å². The monoisotopic (exact) mass is 348 g/mol. The summed E-state index contributed by atoms with van der Waals surface area (Å²) in [6, 6.07) is 0. The van der Waals surface area contributed by atoms with Crippen LogP contribution in [0.5, 0.6) is 0 Å². The third-order valence-electron chi connectivity index (χ3n) is 1.56. The first-order chi connectivity index (χ1) is 7.03. The van der Waals surface area contributed by atoms with Crippen LogP contribution in [0, 0.1) is 5.92 Å². The van der Waals surface area contributed by atoms with Gasteiger partial charge in [-0.05, 0) is 5.92 Å². The van der Waals surface area contributed by atoms with E-state index in [2.05, 4.69) is 0 Å². The van der Waals surface area contributed by atoms with Gasteiger partial charge in [-0.15, -0.1) is 23.2 Å². The second-order valence-electron chi connectivity index (χ2n) is 3.50. The first-order valence-corrected chi connectivity index (χ1v) is 6.63. The number of carbonyl (C=O) groups excluding carboxylic acids is 1. The zero-order valence-corrected chi connectivity index (χ0v) is 13.0. The Kier molecular flexibility index (Phi) is 6.88. The maximum atomic E-state index is 11.7. The van der Waals surface area contributed by atoms with Gasteiger partial charge >= 0.3 is 5.97 Å². The quantitative estimate of drug-likeness (QED) is 0.557. The minimum absolute atomic E-state index is 0.115. The Balaban J connectivity index is 4.87. The number of rotatable bonds is 4. The van der Waals surface area contributed by atoms with E-state index in [1.807, 2.05) is 13.8 Å². The summed E-state index contributed by atoms with van der Waals surface area (Å²) in [5.41, 5.74) is 0. The lowest BCUT2D eigenvalue weighted by Crippen LogP contribution is -2.51. The molecule has 0 bridgehead atoms. The van der Waals surface area contributed by atoms with E-state index in [-0.39, 0.29) is 12.5 Å². The van der Waals surface area contributed by atoms with Gasteiger partial charge in [0.2, 0.25) is 8.67 Å². The van der Waals surface area contributed by atoms with Gasteiger partial charge < -0.3 is 4.74 Å². The van der Waals surface area contributed by atoms with Crippen LogP contribution < -0.4 is 0 Å². The van der Waals surface area contributed by atoms with Gasteiger partial charge in [0.1, 0.15) is 4.84 Å². The molecule has 2 nitrogen and oxygen atoms in total. The van der Waals surface area contributed by atoms with Crippen LogP contribution in [0.4, 0.5) is 0 Å². The molecule has 0 fully saturated rings. The maximum Gasteiger partial charge on any atom is 0.334 e. The van der Waals surface area contributed by atoms with E-state index in [4.69, 9.17) is 74.3 Å². The van der Waals surface area contributed by atoms with Crippen molar-refractivity contribution in [2.45, 2.75) is 27.4 Å². The molecule has 0 amide bonds. The summed E-state index contributed by atoms with van der Waals surface area (Å²) < 4.78 is 2.69. The van der Waals surface area contributed by atoms with Crippen molar-refractivity contribution in [1.29, 1.82) is 0 Å². The van der Waals surface area contributed by atoms with Crippen LogP contribution in [0.3, 0.4) is 0 Å². The molecule has 0 aliphatic heterocycles. The van der Waals surface area contributed by atoms with Crippen molar-refractivity contribution in [2.75, 3.05) is 6.61 Å². The average molecular weight is 351 g/mol. The molecule has 0 rings (SSSR count). The van der Waals surface area contributed by atoms with E-state index < -0.39 is 19.5 Å². The third-order valence-corrected chi connectivity index (χ3v) is 4.28. The first kappa shape index (κ1) is 17.2. The summed E-state index contributed by atoms with van der Waals surface area (Å²) in [4.78, 5) is 8.14. The Bertz CT molecular complexity index is 249. The lowest BCUT2D eigenvalue weighted by Gasteiger charge is -2.32. The Morgan fingerprint density at radius 2 is 1.62 bits per heavy atom. The Morgan fingerprint density at radius 1 is 1.19 bits per heavy atom. The molecular formula is C8H10Cl6O2. The summed E-state index contributed by atoms with van der Waals surface area (Å²) in [7, 11) is 0. The summed E-state index contributed by atoms with van der Waals surface area (Å²) >= 11 is 33.7. The van der Waals surface area contributed by atoms with E-state index in [1.165, 1.54) is 0 Å². The zero-order valence-electron chi connectivity index (χ0n) is 8.45. The molecule has 0 aromatic carbocycles. The molecule has 8 heteroatoms. The number of esters is 1. The second kappa shape index (κ2) is 6.40. The molecule has 0 spiro atoms. The van der Waals surface area contributed by atoms with Crippen molar-refractivity contribution >= 4 is 75.6 Å². The van der Waals surface area contributed by atoms with Crippen molar-refractivity contribution in [3.8, 4) is 0 Å². The van der Waals surface area contributed by atoms with Crippen molar-refractivity contribution < 1.29 is 9.53 Å². The number of hydrogen-bond acceptors (Lipinski definition) is 2. The van der Waals surface area contributed by atoms with Gasteiger partial charge in [-0.1, -0.05) is 60.3 Å². The van der Waals surface area contributed by atoms with Gasteiger partial charge in [0.15, 0.2) is 0 Å². The van der Waals surface area contributed by atoms with Crippen LogP contribution in [-0.4, -0.2) is 26.1 Å². The summed E-state index contributed by atoms with van der Waals surface area (Å²) in [6.07, 6.45) is 0. The lowest BCUT2D eigenvalue weighted by molar-refractivity contribution is -0.147. The van der Waals surface area contributed by atoms with Gasteiger partial charge in [0.05, 0.1) is 6.61 Å². The highest BCUT2D eigenvalue weighted by molar-refractivity contribution is 6.74. The highest BCUT2D eigenvalue weighted by atomic mass is 35.6. The topological polar surface area (TPSA) is 26.3 Å². The van der Waals surface area contributed by atoms with E-state index in [1.54, 1.807) is 0 Å². The minimum Gasteiger partial charge on any atom is -0.464 e. The summed E-state index contributed by atoms with van der Waals surface area (Å²) in [5.74, 6) is -0.845. The fourth-order valence-corrected chi connectivity index (χ4v) is 2.13. The molecule has 0 aromatic rings. The standard InChI is InChI=1S/C8H10Cl6O2/c1-4(2)3-16-6(15)7(11,5(9)10)8(12,13)14/h4-5H,3H2,1-2H3. The maximum absolute atomic E-state index is 11.7. The van der Waals surface area contributed by atoms with E-state index in [0.29, 0.717) is 0 Å². The number of halogens is 6. The molecule has 0 N–H and O–H groups in total. The molecule has 0 aromatic heterocycles. The van der Waals surface area contributed by atoms with Crippen LogP contribution in [0.15, 0.2) is 0 Å². The largest absolute Gasteiger partial charge is 0.464 e. The SMILES string of the molecule is CC(C)COC(=O)C(Cl)(C(Cl)Cl)C(Cl)(Cl)Cl. The van der Waals surface area contributed by atoms with Crippen molar-refractivity contribution in [1.82, 2.24) is 0 Å². The summed E-state index contributed by atoms with van der Waals surface area (Å²) in [5, 5.41) is 0. The van der Waals surface area contributed by atoms with E-state index >= 15 is 0 Å². The van der Waals surface area contributed by atoms with E-state index in [9.17, 15) is 4.79 Å². The van der Waals surface area contributed by atoms with Crippen LogP contribution in [0.25, 0.3) is 0 Å². The van der Waals surface area contributed by atoms with Gasteiger partial charge in [-0.25, -0.2) is 4.79 Å². The molecule has 0 saturated heterocycles.